The van der Waals surface area contributed by atoms with Gasteiger partial charge in [0.2, 0.25) is 0 Å². The van der Waals surface area contributed by atoms with Crippen LogP contribution in [0, 0.1) is 41.0 Å². The normalized spacial score (nSPS) is 24.6. The summed E-state index contributed by atoms with van der Waals surface area (Å²) < 4.78 is 91.5. The Morgan fingerprint density at radius 1 is 0.784 bits per heavy atom. The first kappa shape index (κ1) is 27.6. The molecule has 0 spiro atoms. The lowest BCUT2D eigenvalue weighted by Gasteiger charge is -2.38. The molecule has 8 heteroatoms. The number of hydrogen-bond acceptors (Lipinski definition) is 2. The van der Waals surface area contributed by atoms with E-state index < -0.39 is 41.7 Å². The average Bonchev–Trinajstić information content (AvgIpc) is 2.87. The fourth-order valence-electron chi connectivity index (χ4n) is 6.12. The molecular weight excluding hydrogens is 494 g/mol. The van der Waals surface area contributed by atoms with Crippen LogP contribution < -0.4 is 9.47 Å². The zero-order chi connectivity index (χ0) is 26.6. The summed E-state index contributed by atoms with van der Waals surface area (Å²) in [5.74, 6) is -4.52. The van der Waals surface area contributed by atoms with E-state index in [-0.39, 0.29) is 11.7 Å². The highest BCUT2D eigenvalue weighted by atomic mass is 19.3. The molecule has 2 aliphatic carbocycles. The van der Waals surface area contributed by atoms with Crippen LogP contribution in [0.25, 0.3) is 0 Å². The van der Waals surface area contributed by atoms with Gasteiger partial charge < -0.3 is 9.47 Å². The molecule has 0 amide bonds. The monoisotopic (exact) mass is 528 g/mol. The van der Waals surface area contributed by atoms with Crippen molar-refractivity contribution in [3.05, 3.63) is 59.2 Å². The van der Waals surface area contributed by atoms with E-state index in [1.165, 1.54) is 50.7 Å². The summed E-state index contributed by atoms with van der Waals surface area (Å²) in [6.45, 7) is 0.858. The Labute approximate surface area is 214 Å². The van der Waals surface area contributed by atoms with Crippen LogP contribution in [-0.2, 0) is 0 Å². The van der Waals surface area contributed by atoms with Crippen LogP contribution in [-0.4, -0.2) is 12.7 Å². The topological polar surface area (TPSA) is 18.5 Å². The largest absolute Gasteiger partial charge is 0.480 e. The van der Waals surface area contributed by atoms with Crippen LogP contribution in [0.5, 0.6) is 11.5 Å². The molecule has 204 valence electrons. The molecule has 0 atom stereocenters. The standard InChI is InChI=1S/C29H34F6O2/c1-2-3-18-4-6-19(7-5-18)20-8-10-21(11-9-20)22-12-13-27(24(30)14-22)36-17-29(34,35)37-23-15-25(31)28(33)26(32)16-23/h12-16,18-21H,2-11,17H2,1H3. The number of halogens is 6. The van der Waals surface area contributed by atoms with Gasteiger partial charge in [0.25, 0.3) is 0 Å². The molecule has 0 aromatic heterocycles. The van der Waals surface area contributed by atoms with Crippen LogP contribution in [0.15, 0.2) is 30.3 Å². The molecule has 2 aromatic rings. The zero-order valence-corrected chi connectivity index (χ0v) is 21.1. The molecule has 2 nitrogen and oxygen atoms in total. The molecule has 0 heterocycles. The number of benzene rings is 2. The van der Waals surface area contributed by atoms with Crippen molar-refractivity contribution in [3.8, 4) is 11.5 Å². The number of hydrogen-bond donors (Lipinski definition) is 0. The van der Waals surface area contributed by atoms with Gasteiger partial charge >= 0.3 is 6.11 Å². The third-order valence-electron chi connectivity index (χ3n) is 8.07. The Morgan fingerprint density at radius 3 is 1.95 bits per heavy atom. The van der Waals surface area contributed by atoms with Gasteiger partial charge in [0.1, 0.15) is 5.75 Å². The SMILES string of the molecule is CCCC1CCC(C2CCC(c3ccc(OCC(F)(F)Oc4cc(F)c(F)c(F)c4)c(F)c3)CC2)CC1. The first-order valence-electron chi connectivity index (χ1n) is 13.3. The van der Waals surface area contributed by atoms with Crippen LogP contribution in [0.1, 0.15) is 82.6 Å². The van der Waals surface area contributed by atoms with E-state index >= 15 is 0 Å². The van der Waals surface area contributed by atoms with Crippen molar-refractivity contribution in [3.63, 3.8) is 0 Å². The number of ether oxygens (including phenoxy) is 2. The van der Waals surface area contributed by atoms with Crippen molar-refractivity contribution in [2.45, 2.75) is 83.2 Å². The minimum absolute atomic E-state index is 0.226. The molecule has 0 saturated heterocycles. The van der Waals surface area contributed by atoms with Gasteiger partial charge in [-0.15, -0.1) is 0 Å². The summed E-state index contributed by atoms with van der Waals surface area (Å²) in [6.07, 6.45) is 8.10. The maximum atomic E-state index is 14.7. The minimum Gasteiger partial charge on any atom is -0.480 e. The second-order valence-electron chi connectivity index (χ2n) is 10.6. The molecule has 2 aliphatic rings. The quantitative estimate of drug-likeness (QED) is 0.239. The first-order chi connectivity index (χ1) is 17.6. The lowest BCUT2D eigenvalue weighted by Crippen LogP contribution is -2.32. The van der Waals surface area contributed by atoms with E-state index in [4.69, 9.17) is 4.74 Å². The molecule has 0 unspecified atom stereocenters. The molecule has 0 radical (unpaired) electrons. The van der Waals surface area contributed by atoms with Gasteiger partial charge in [0, 0.05) is 12.1 Å². The molecule has 0 aliphatic heterocycles. The Bertz CT molecular complexity index is 1020. The lowest BCUT2D eigenvalue weighted by molar-refractivity contribution is -0.196. The predicted octanol–water partition coefficient (Wildman–Crippen LogP) is 9.17. The minimum atomic E-state index is -4.03. The van der Waals surface area contributed by atoms with Crippen LogP contribution in [0.4, 0.5) is 26.3 Å². The van der Waals surface area contributed by atoms with Gasteiger partial charge in [-0.2, -0.15) is 8.78 Å². The fourth-order valence-corrected chi connectivity index (χ4v) is 6.12. The summed E-state index contributed by atoms with van der Waals surface area (Å²) in [5.41, 5.74) is 0.829. The number of alkyl halides is 2. The van der Waals surface area contributed by atoms with E-state index in [1.54, 1.807) is 6.07 Å². The van der Waals surface area contributed by atoms with Crippen LogP contribution in [0.3, 0.4) is 0 Å². The summed E-state index contributed by atoms with van der Waals surface area (Å²) in [5, 5.41) is 0. The van der Waals surface area contributed by atoms with Gasteiger partial charge in [-0.05, 0) is 79.9 Å². The summed E-state index contributed by atoms with van der Waals surface area (Å²) in [6, 6.07) is 4.95. The van der Waals surface area contributed by atoms with E-state index in [1.807, 2.05) is 0 Å². The second kappa shape index (κ2) is 12.0. The summed E-state index contributed by atoms with van der Waals surface area (Å²) in [4.78, 5) is 0. The van der Waals surface area contributed by atoms with Gasteiger partial charge in [0.05, 0.1) is 0 Å². The van der Waals surface area contributed by atoms with E-state index in [0.717, 1.165) is 49.0 Å². The third kappa shape index (κ3) is 7.14. The Balaban J connectivity index is 1.27. The van der Waals surface area contributed by atoms with Crippen molar-refractivity contribution in [1.82, 2.24) is 0 Å². The van der Waals surface area contributed by atoms with Crippen molar-refractivity contribution in [2.75, 3.05) is 6.61 Å². The second-order valence-corrected chi connectivity index (χ2v) is 10.6. The summed E-state index contributed by atoms with van der Waals surface area (Å²) >= 11 is 0. The Kier molecular flexibility index (Phi) is 8.96. The molecule has 0 N–H and O–H groups in total. The molecule has 2 saturated carbocycles. The highest BCUT2D eigenvalue weighted by Gasteiger charge is 2.35. The smallest absolute Gasteiger partial charge is 0.433 e. The first-order valence-corrected chi connectivity index (χ1v) is 13.3. The molecule has 4 rings (SSSR count). The van der Waals surface area contributed by atoms with Gasteiger partial charge in [-0.3, -0.25) is 0 Å². The van der Waals surface area contributed by atoms with Crippen molar-refractivity contribution in [1.29, 1.82) is 0 Å². The fraction of sp³-hybridized carbons (Fsp3) is 0.586. The average molecular weight is 529 g/mol. The van der Waals surface area contributed by atoms with E-state index in [0.29, 0.717) is 12.1 Å². The molecule has 37 heavy (non-hydrogen) atoms. The highest BCUT2D eigenvalue weighted by molar-refractivity contribution is 5.32. The summed E-state index contributed by atoms with van der Waals surface area (Å²) in [7, 11) is 0. The van der Waals surface area contributed by atoms with Crippen molar-refractivity contribution < 1.29 is 35.8 Å². The van der Waals surface area contributed by atoms with Gasteiger partial charge in [-0.1, -0.05) is 38.7 Å². The molecule has 0 bridgehead atoms. The van der Waals surface area contributed by atoms with Crippen molar-refractivity contribution in [2.24, 2.45) is 17.8 Å². The van der Waals surface area contributed by atoms with Gasteiger partial charge in [-0.25, -0.2) is 17.6 Å². The predicted molar refractivity (Wildman–Crippen MR) is 129 cm³/mol. The number of rotatable bonds is 9. The van der Waals surface area contributed by atoms with E-state index in [2.05, 4.69) is 11.7 Å². The maximum Gasteiger partial charge on any atom is 0.433 e. The maximum absolute atomic E-state index is 14.7. The zero-order valence-electron chi connectivity index (χ0n) is 21.1. The van der Waals surface area contributed by atoms with Crippen LogP contribution >= 0.6 is 0 Å². The Hall–Kier alpha value is -2.38. The highest BCUT2D eigenvalue weighted by Crippen LogP contribution is 2.44. The lowest BCUT2D eigenvalue weighted by atomic mass is 9.68. The van der Waals surface area contributed by atoms with E-state index in [9.17, 15) is 26.3 Å². The van der Waals surface area contributed by atoms with Crippen molar-refractivity contribution >= 4 is 0 Å². The molecular formula is C29H34F6O2. The third-order valence-corrected chi connectivity index (χ3v) is 8.07. The Morgan fingerprint density at radius 2 is 1.38 bits per heavy atom. The molecule has 2 fully saturated rings. The van der Waals surface area contributed by atoms with Crippen LogP contribution in [0.2, 0.25) is 0 Å². The van der Waals surface area contributed by atoms with Gasteiger partial charge in [0.15, 0.2) is 35.6 Å². The molecule has 2 aromatic carbocycles.